The van der Waals surface area contributed by atoms with Crippen LogP contribution in [0, 0.1) is 6.92 Å². The number of para-hydroxylation sites is 1. The van der Waals surface area contributed by atoms with Crippen LogP contribution in [0.1, 0.15) is 5.56 Å². The van der Waals surface area contributed by atoms with E-state index in [1.165, 1.54) is 65.3 Å². The van der Waals surface area contributed by atoms with E-state index in [1.54, 1.807) is 0 Å². The van der Waals surface area contributed by atoms with Gasteiger partial charge in [0.15, 0.2) is 6.20 Å². The molecule has 0 fully saturated rings. The van der Waals surface area contributed by atoms with Gasteiger partial charge in [0.1, 0.15) is 12.6 Å². The Morgan fingerprint density at radius 1 is 0.621 bits per heavy atom. The second-order valence-corrected chi connectivity index (χ2v) is 8.15. The molecule has 0 spiro atoms. The van der Waals surface area contributed by atoms with Gasteiger partial charge in [-0.05, 0) is 40.8 Å². The number of aryl methyl sites for hydroxylation is 2. The van der Waals surface area contributed by atoms with Crippen molar-refractivity contribution in [3.8, 4) is 0 Å². The lowest BCUT2D eigenvalue weighted by Crippen LogP contribution is -2.29. The van der Waals surface area contributed by atoms with Crippen LogP contribution in [0.4, 0.5) is 0 Å². The zero-order valence-electron chi connectivity index (χ0n) is 16.4. The summed E-state index contributed by atoms with van der Waals surface area (Å²) in [6.45, 7) is 2.24. The molecule has 29 heavy (non-hydrogen) atoms. The first-order chi connectivity index (χ1) is 14.3. The molecule has 136 valence electrons. The molecule has 7 rings (SSSR count). The normalized spacial score (nSPS) is 12.5. The summed E-state index contributed by atoms with van der Waals surface area (Å²) in [4.78, 5) is 0. The highest BCUT2D eigenvalue weighted by atomic mass is 15.0. The smallest absolute Gasteiger partial charge is 0.237 e. The lowest BCUT2D eigenvalue weighted by atomic mass is 9.92. The molecule has 2 heteroatoms. The van der Waals surface area contributed by atoms with Crippen molar-refractivity contribution in [3.05, 3.63) is 84.6 Å². The number of nitrogens with zero attached hydrogens (tertiary/aromatic N) is 2. The maximum Gasteiger partial charge on any atom is 0.237 e. The first-order valence-electron chi connectivity index (χ1n) is 10.1. The van der Waals surface area contributed by atoms with Crippen molar-refractivity contribution in [3.63, 3.8) is 0 Å². The van der Waals surface area contributed by atoms with Crippen molar-refractivity contribution in [1.82, 2.24) is 4.40 Å². The number of hydrogen-bond acceptors (Lipinski definition) is 0. The van der Waals surface area contributed by atoms with E-state index in [0.717, 1.165) is 0 Å². The topological polar surface area (TPSA) is 8.29 Å². The fourth-order valence-electron chi connectivity index (χ4n) is 5.50. The van der Waals surface area contributed by atoms with Crippen LogP contribution in [0.3, 0.4) is 0 Å². The Morgan fingerprint density at radius 3 is 2.17 bits per heavy atom. The van der Waals surface area contributed by atoms with E-state index >= 15 is 0 Å². The summed E-state index contributed by atoms with van der Waals surface area (Å²) in [5.74, 6) is 0. The average molecular weight is 371 g/mol. The van der Waals surface area contributed by atoms with Gasteiger partial charge in [-0.25, -0.2) is 0 Å². The number of benzene rings is 4. The Morgan fingerprint density at radius 2 is 1.31 bits per heavy atom. The molecule has 2 nitrogen and oxygen atoms in total. The largest absolute Gasteiger partial charge is 0.303 e. The van der Waals surface area contributed by atoms with Gasteiger partial charge in [0.2, 0.25) is 5.52 Å². The van der Waals surface area contributed by atoms with Crippen LogP contribution in [0.15, 0.2) is 79.0 Å². The Bertz CT molecular complexity index is 1770. The first-order valence-corrected chi connectivity index (χ1v) is 10.1. The third kappa shape index (κ3) is 1.67. The predicted octanol–water partition coefficient (Wildman–Crippen LogP) is 6.28. The highest BCUT2D eigenvalue weighted by molar-refractivity contribution is 6.37. The molecule has 3 heterocycles. The fraction of sp³-hybridized carbons (Fsp3) is 0.0741. The zero-order valence-corrected chi connectivity index (χ0v) is 16.4. The van der Waals surface area contributed by atoms with E-state index in [-0.39, 0.29) is 0 Å². The summed E-state index contributed by atoms with van der Waals surface area (Å²) in [5, 5.41) is 9.45. The van der Waals surface area contributed by atoms with Gasteiger partial charge < -0.3 is 4.40 Å². The molecule has 0 radical (unpaired) electrons. The van der Waals surface area contributed by atoms with E-state index in [2.05, 4.69) is 102 Å². The molecule has 0 aliphatic heterocycles. The SMILES string of the molecule is Cc1ccc2c3ccccc3c3c4ccccc4n4c5ccc[n+](C)c5c1c2c34. The molecule has 3 aromatic heterocycles. The monoisotopic (exact) mass is 371 g/mol. The molecule has 7 aromatic rings. The Labute approximate surface area is 167 Å². The minimum Gasteiger partial charge on any atom is -0.303 e. The molecule has 0 aliphatic carbocycles. The molecule has 0 unspecified atom stereocenters. The van der Waals surface area contributed by atoms with Crippen molar-refractivity contribution in [2.75, 3.05) is 0 Å². The zero-order chi connectivity index (χ0) is 19.3. The fourth-order valence-corrected chi connectivity index (χ4v) is 5.50. The Hall–Kier alpha value is -3.65. The molecular weight excluding hydrogens is 352 g/mol. The predicted molar refractivity (Wildman–Crippen MR) is 122 cm³/mol. The van der Waals surface area contributed by atoms with E-state index in [9.17, 15) is 0 Å². The van der Waals surface area contributed by atoms with Gasteiger partial charge >= 0.3 is 0 Å². The summed E-state index contributed by atoms with van der Waals surface area (Å²) >= 11 is 0. The lowest BCUT2D eigenvalue weighted by Gasteiger charge is -2.15. The highest BCUT2D eigenvalue weighted by Crippen LogP contribution is 2.45. The average Bonchev–Trinajstić information content (AvgIpc) is 3.10. The minimum absolute atomic E-state index is 1.26. The van der Waals surface area contributed by atoms with Crippen LogP contribution in [0.5, 0.6) is 0 Å². The molecule has 4 aromatic carbocycles. The van der Waals surface area contributed by atoms with Gasteiger partial charge in [0.05, 0.1) is 16.4 Å². The van der Waals surface area contributed by atoms with Crippen LogP contribution in [0.25, 0.3) is 59.8 Å². The Balaban J connectivity index is 2.06. The number of pyridine rings is 2. The van der Waals surface area contributed by atoms with Gasteiger partial charge in [-0.1, -0.05) is 54.6 Å². The van der Waals surface area contributed by atoms with Crippen LogP contribution >= 0.6 is 0 Å². The van der Waals surface area contributed by atoms with Gasteiger partial charge in [-0.15, -0.1) is 0 Å². The summed E-state index contributed by atoms with van der Waals surface area (Å²) < 4.78 is 4.76. The molecule has 0 aliphatic rings. The van der Waals surface area contributed by atoms with Crippen molar-refractivity contribution in [2.45, 2.75) is 6.92 Å². The lowest BCUT2D eigenvalue weighted by molar-refractivity contribution is -0.644. The third-order valence-electron chi connectivity index (χ3n) is 6.65. The molecule has 0 bridgehead atoms. The summed E-state index contributed by atoms with van der Waals surface area (Å²) in [5.41, 5.74) is 6.51. The van der Waals surface area contributed by atoms with Crippen molar-refractivity contribution in [2.24, 2.45) is 7.05 Å². The third-order valence-corrected chi connectivity index (χ3v) is 6.65. The van der Waals surface area contributed by atoms with Gasteiger partial charge in [-0.3, -0.25) is 0 Å². The minimum atomic E-state index is 1.26. The number of hydrogen-bond donors (Lipinski definition) is 0. The second kappa shape index (κ2) is 5.03. The van der Waals surface area contributed by atoms with E-state index < -0.39 is 0 Å². The molecule has 0 amide bonds. The maximum atomic E-state index is 2.49. The summed E-state index contributed by atoms with van der Waals surface area (Å²) in [7, 11) is 2.16. The quantitative estimate of drug-likeness (QED) is 0.169. The van der Waals surface area contributed by atoms with E-state index in [4.69, 9.17) is 0 Å². The van der Waals surface area contributed by atoms with Crippen LogP contribution in [-0.2, 0) is 7.05 Å². The molecule has 0 saturated heterocycles. The number of rotatable bonds is 0. The summed E-state index contributed by atoms with van der Waals surface area (Å²) in [6, 6.07) is 26.7. The molecule has 0 N–H and O–H groups in total. The number of fused-ring (bicyclic) bond motifs is 9. The first kappa shape index (κ1) is 15.3. The van der Waals surface area contributed by atoms with E-state index in [0.29, 0.717) is 0 Å². The molecule has 0 saturated carbocycles. The highest BCUT2D eigenvalue weighted by Gasteiger charge is 2.24. The van der Waals surface area contributed by atoms with Crippen LogP contribution in [-0.4, -0.2) is 4.40 Å². The van der Waals surface area contributed by atoms with E-state index in [1.807, 2.05) is 0 Å². The van der Waals surface area contributed by atoms with Gasteiger partial charge in [0, 0.05) is 22.2 Å². The van der Waals surface area contributed by atoms with Gasteiger partial charge in [-0.2, -0.15) is 4.57 Å². The molecular formula is C27H19N2+. The maximum absolute atomic E-state index is 2.49. The Kier molecular flexibility index (Phi) is 2.66. The van der Waals surface area contributed by atoms with Crippen LogP contribution < -0.4 is 4.57 Å². The van der Waals surface area contributed by atoms with Crippen molar-refractivity contribution in [1.29, 1.82) is 0 Å². The molecule has 0 atom stereocenters. The van der Waals surface area contributed by atoms with Gasteiger partial charge in [0.25, 0.3) is 0 Å². The van der Waals surface area contributed by atoms with Crippen molar-refractivity contribution >= 4 is 59.8 Å². The standard InChI is InChI=1S/C27H19N2/c1-16-13-14-19-17-8-3-4-9-18(17)24-20-10-5-6-11-21(20)29-22-12-7-15-28(2)26(22)23(16)25(19)27(24)29/h3-15H,1-2H3/q+1. The van der Waals surface area contributed by atoms with Crippen LogP contribution in [0.2, 0.25) is 0 Å². The summed E-state index contributed by atoms with van der Waals surface area (Å²) in [6.07, 6.45) is 2.16. The van der Waals surface area contributed by atoms with Crippen molar-refractivity contribution < 1.29 is 4.57 Å². The second-order valence-electron chi connectivity index (χ2n) is 8.15. The number of aromatic nitrogens is 2.